The van der Waals surface area contributed by atoms with Crippen molar-refractivity contribution in [3.8, 4) is 0 Å². The zero-order valence-electron chi connectivity index (χ0n) is 13.3. The van der Waals surface area contributed by atoms with Crippen LogP contribution in [0.2, 0.25) is 0 Å². The van der Waals surface area contributed by atoms with Gasteiger partial charge in [-0.05, 0) is 6.07 Å². The lowest BCUT2D eigenvalue weighted by Gasteiger charge is -2.27. The minimum Gasteiger partial charge on any atom is -0.360 e. The summed E-state index contributed by atoms with van der Waals surface area (Å²) in [6.07, 6.45) is 0. The van der Waals surface area contributed by atoms with Crippen molar-refractivity contribution in [2.45, 2.75) is 0 Å². The smallest absolute Gasteiger partial charge is 0.292 e. The number of nitro benzene ring substituents is 1. The zero-order chi connectivity index (χ0) is 16.7. The summed E-state index contributed by atoms with van der Waals surface area (Å²) >= 11 is 0. The van der Waals surface area contributed by atoms with Gasteiger partial charge in [-0.15, -0.1) is 0 Å². The summed E-state index contributed by atoms with van der Waals surface area (Å²) in [4.78, 5) is 26.5. The number of hydrogen-bond donors (Lipinski definition) is 2. The van der Waals surface area contributed by atoms with Crippen LogP contribution in [0, 0.1) is 10.1 Å². The maximum Gasteiger partial charge on any atom is 0.292 e. The van der Waals surface area contributed by atoms with Crippen molar-refractivity contribution in [2.24, 2.45) is 0 Å². The number of nitrogens with one attached hydrogen (secondary N) is 2. The number of likely N-dealkylation sites (N-methyl/N-ethyl adjacent to an activating group) is 1. The number of carbonyl (C=O) groups is 1. The summed E-state index contributed by atoms with van der Waals surface area (Å²) < 4.78 is 0. The van der Waals surface area contributed by atoms with E-state index in [1.165, 1.54) is 6.07 Å². The maximum absolute atomic E-state index is 12.0. The van der Waals surface area contributed by atoms with E-state index in [-0.39, 0.29) is 18.1 Å². The molecule has 1 amide bonds. The predicted octanol–water partition coefficient (Wildman–Crippen LogP) is 0.0524. The Bertz CT molecular complexity index is 546. The molecule has 0 aliphatic carbocycles. The van der Waals surface area contributed by atoms with Crippen LogP contribution in [0.5, 0.6) is 0 Å². The van der Waals surface area contributed by atoms with E-state index < -0.39 is 4.92 Å². The molecule has 0 radical (unpaired) electrons. The number of rotatable bonds is 7. The molecule has 8 heteroatoms. The molecule has 0 spiro atoms. The first-order valence-corrected chi connectivity index (χ1v) is 7.72. The topological polar surface area (TPSA) is 90.8 Å². The summed E-state index contributed by atoms with van der Waals surface area (Å²) in [5.41, 5.74) is 0.443. The third kappa shape index (κ3) is 5.19. The second-order valence-electron chi connectivity index (χ2n) is 5.54. The molecule has 126 valence electrons. The first-order chi connectivity index (χ1) is 11.1. The second-order valence-corrected chi connectivity index (χ2v) is 5.54. The van der Waals surface area contributed by atoms with Crippen molar-refractivity contribution < 1.29 is 9.72 Å². The number of carbonyl (C=O) groups excluding carboxylic acids is 1. The van der Waals surface area contributed by atoms with E-state index in [1.807, 2.05) is 0 Å². The fourth-order valence-electron chi connectivity index (χ4n) is 2.59. The van der Waals surface area contributed by atoms with Crippen LogP contribution in [0.25, 0.3) is 0 Å². The van der Waals surface area contributed by atoms with Gasteiger partial charge < -0.3 is 15.5 Å². The molecule has 1 fully saturated rings. The molecule has 23 heavy (non-hydrogen) atoms. The lowest BCUT2D eigenvalue weighted by atomic mass is 10.2. The van der Waals surface area contributed by atoms with Gasteiger partial charge in [-0.3, -0.25) is 19.8 Å². The first-order valence-electron chi connectivity index (χ1n) is 7.72. The van der Waals surface area contributed by atoms with E-state index in [1.54, 1.807) is 30.1 Å². The van der Waals surface area contributed by atoms with Crippen molar-refractivity contribution in [1.82, 2.24) is 15.5 Å². The number of amides is 1. The third-order valence-electron chi connectivity index (χ3n) is 3.83. The highest BCUT2D eigenvalue weighted by molar-refractivity contribution is 5.82. The Labute approximate surface area is 135 Å². The zero-order valence-corrected chi connectivity index (χ0v) is 13.3. The number of benzene rings is 1. The Kier molecular flexibility index (Phi) is 6.30. The van der Waals surface area contributed by atoms with Gasteiger partial charge >= 0.3 is 0 Å². The van der Waals surface area contributed by atoms with Gasteiger partial charge in [-0.1, -0.05) is 12.1 Å². The van der Waals surface area contributed by atoms with Crippen LogP contribution in [0.4, 0.5) is 11.4 Å². The van der Waals surface area contributed by atoms with Crippen LogP contribution in [-0.2, 0) is 4.79 Å². The molecular formula is C15H23N5O3. The van der Waals surface area contributed by atoms with Crippen molar-refractivity contribution >= 4 is 17.3 Å². The molecule has 2 rings (SSSR count). The molecule has 0 saturated carbocycles. The van der Waals surface area contributed by atoms with Crippen molar-refractivity contribution in [3.63, 3.8) is 0 Å². The average molecular weight is 321 g/mol. The molecule has 1 aromatic rings. The van der Waals surface area contributed by atoms with E-state index in [4.69, 9.17) is 0 Å². The number of anilines is 1. The molecule has 1 aliphatic rings. The summed E-state index contributed by atoms with van der Waals surface area (Å²) in [6.45, 7) is 5.44. The van der Waals surface area contributed by atoms with E-state index >= 15 is 0 Å². The van der Waals surface area contributed by atoms with Gasteiger partial charge in [0, 0.05) is 52.4 Å². The van der Waals surface area contributed by atoms with Gasteiger partial charge in [-0.2, -0.15) is 0 Å². The van der Waals surface area contributed by atoms with Crippen molar-refractivity contribution in [3.05, 3.63) is 34.4 Å². The number of para-hydroxylation sites is 2. The van der Waals surface area contributed by atoms with Crippen LogP contribution >= 0.6 is 0 Å². The third-order valence-corrected chi connectivity index (χ3v) is 3.83. The summed E-state index contributed by atoms with van der Waals surface area (Å²) in [6, 6.07) is 6.42. The van der Waals surface area contributed by atoms with Crippen LogP contribution in [0.1, 0.15) is 0 Å². The SMILES string of the molecule is CN(CC(=O)NCCN1CCNCC1)c1ccccc1[N+](=O)[O-]. The van der Waals surface area contributed by atoms with E-state index in [2.05, 4.69) is 15.5 Å². The lowest BCUT2D eigenvalue weighted by molar-refractivity contribution is -0.384. The van der Waals surface area contributed by atoms with E-state index in [9.17, 15) is 14.9 Å². The predicted molar refractivity (Wildman–Crippen MR) is 88.7 cm³/mol. The molecule has 0 bridgehead atoms. The Hall–Kier alpha value is -2.19. The van der Waals surface area contributed by atoms with Crippen LogP contribution < -0.4 is 15.5 Å². The Balaban J connectivity index is 1.79. The van der Waals surface area contributed by atoms with Crippen molar-refractivity contribution in [1.29, 1.82) is 0 Å². The van der Waals surface area contributed by atoms with Crippen molar-refractivity contribution in [2.75, 3.05) is 57.8 Å². The fraction of sp³-hybridized carbons (Fsp3) is 0.533. The molecule has 1 aliphatic heterocycles. The molecule has 2 N–H and O–H groups in total. The van der Waals surface area contributed by atoms with Gasteiger partial charge in [0.2, 0.25) is 5.91 Å². The number of piperazine rings is 1. The van der Waals surface area contributed by atoms with Crippen LogP contribution in [0.3, 0.4) is 0 Å². The molecule has 0 atom stereocenters. The molecule has 1 saturated heterocycles. The van der Waals surface area contributed by atoms with Gasteiger partial charge in [0.05, 0.1) is 11.5 Å². The maximum atomic E-state index is 12.0. The minimum absolute atomic E-state index is 0.00335. The lowest BCUT2D eigenvalue weighted by Crippen LogP contribution is -2.47. The van der Waals surface area contributed by atoms with Gasteiger partial charge in [0.1, 0.15) is 5.69 Å². The Morgan fingerprint density at radius 2 is 2.09 bits per heavy atom. The van der Waals surface area contributed by atoms with E-state index in [0.717, 1.165) is 32.7 Å². The monoisotopic (exact) mass is 321 g/mol. The van der Waals surface area contributed by atoms with Gasteiger partial charge in [0.15, 0.2) is 0 Å². The normalized spacial score (nSPS) is 15.2. The molecule has 1 heterocycles. The number of nitrogens with zero attached hydrogens (tertiary/aromatic N) is 3. The van der Waals surface area contributed by atoms with Gasteiger partial charge in [-0.25, -0.2) is 0 Å². The molecule has 1 aromatic carbocycles. The summed E-state index contributed by atoms with van der Waals surface area (Å²) in [5.74, 6) is -0.138. The number of hydrogen-bond acceptors (Lipinski definition) is 6. The summed E-state index contributed by atoms with van der Waals surface area (Å²) in [5, 5.41) is 17.2. The first kappa shape index (κ1) is 17.2. The molecule has 0 unspecified atom stereocenters. The minimum atomic E-state index is -0.436. The highest BCUT2D eigenvalue weighted by atomic mass is 16.6. The van der Waals surface area contributed by atoms with Crippen LogP contribution in [-0.4, -0.2) is 68.6 Å². The highest BCUT2D eigenvalue weighted by Gasteiger charge is 2.18. The largest absolute Gasteiger partial charge is 0.360 e. The van der Waals surface area contributed by atoms with Gasteiger partial charge in [0.25, 0.3) is 5.69 Å². The highest BCUT2D eigenvalue weighted by Crippen LogP contribution is 2.26. The quantitative estimate of drug-likeness (QED) is 0.545. The van der Waals surface area contributed by atoms with Crippen LogP contribution in [0.15, 0.2) is 24.3 Å². The standard InChI is InChI=1S/C15H23N5O3/c1-18(13-4-2-3-5-14(13)20(22)23)12-15(21)17-8-11-19-9-6-16-7-10-19/h2-5,16H,6-12H2,1H3,(H,17,21). The second kappa shape index (κ2) is 8.44. The molecule has 8 nitrogen and oxygen atoms in total. The van der Waals surface area contributed by atoms with E-state index in [0.29, 0.717) is 12.2 Å². The molecular weight excluding hydrogens is 298 g/mol. The fourth-order valence-corrected chi connectivity index (χ4v) is 2.59. The average Bonchev–Trinajstić information content (AvgIpc) is 2.55. The molecule has 0 aromatic heterocycles. The number of nitro groups is 1. The Morgan fingerprint density at radius 3 is 2.78 bits per heavy atom. The summed E-state index contributed by atoms with van der Waals surface area (Å²) in [7, 11) is 1.68. The Morgan fingerprint density at radius 1 is 1.39 bits per heavy atom.